The fourth-order valence-electron chi connectivity index (χ4n) is 1.90. The average molecular weight is 420 g/mol. The van der Waals surface area contributed by atoms with Gasteiger partial charge >= 0.3 is 0 Å². The van der Waals surface area contributed by atoms with E-state index < -0.39 is 0 Å². The molecule has 0 radical (unpaired) electrons. The Labute approximate surface area is 140 Å². The average Bonchev–Trinajstić information content (AvgIpc) is 2.76. The van der Waals surface area contributed by atoms with Gasteiger partial charge in [-0.05, 0) is 46.7 Å². The van der Waals surface area contributed by atoms with Crippen molar-refractivity contribution in [1.82, 2.24) is 20.3 Å². The molecule has 0 aliphatic rings. The van der Waals surface area contributed by atoms with Crippen LogP contribution in [0, 0.1) is 0 Å². The highest BCUT2D eigenvalue weighted by Gasteiger charge is 2.19. The van der Waals surface area contributed by atoms with E-state index in [1.807, 2.05) is 23.5 Å². The number of nitrogens with one attached hydrogen (secondary N) is 1. The van der Waals surface area contributed by atoms with E-state index in [0.717, 1.165) is 27.1 Å². The van der Waals surface area contributed by atoms with E-state index in [4.69, 9.17) is 0 Å². The lowest BCUT2D eigenvalue weighted by Gasteiger charge is -2.17. The molecule has 0 aliphatic carbocycles. The third-order valence-corrected chi connectivity index (χ3v) is 5.04. The van der Waals surface area contributed by atoms with Crippen LogP contribution in [0.5, 0.6) is 0 Å². The molecule has 20 heavy (non-hydrogen) atoms. The maximum absolute atomic E-state index is 4.06. The molecule has 0 fully saturated rings. The number of rotatable bonds is 6. The molecule has 1 N–H and O–H groups in total. The maximum Gasteiger partial charge on any atom is 0.153 e. The number of aryl methyl sites for hydroxylation is 1. The zero-order chi connectivity index (χ0) is 14.5. The van der Waals surface area contributed by atoms with Crippen molar-refractivity contribution in [3.05, 3.63) is 39.0 Å². The van der Waals surface area contributed by atoms with E-state index in [-0.39, 0.29) is 6.04 Å². The topological polar surface area (TPSA) is 42.7 Å². The van der Waals surface area contributed by atoms with Crippen molar-refractivity contribution in [2.24, 2.45) is 7.05 Å². The standard InChI is InChI=1S/C13H16Br2N4S/c1-3-16-11(12-13(15)17-18-19(12)2)8-20-10-6-4-9(14)5-7-10/h4-7,11,16H,3,8H2,1-2H3. The van der Waals surface area contributed by atoms with E-state index >= 15 is 0 Å². The SMILES string of the molecule is CCNC(CSc1ccc(Br)cc1)c1c(Br)nnn1C. The summed E-state index contributed by atoms with van der Waals surface area (Å²) in [6, 6.07) is 8.57. The van der Waals surface area contributed by atoms with Crippen LogP contribution < -0.4 is 5.32 Å². The van der Waals surface area contributed by atoms with Crippen molar-refractivity contribution in [3.63, 3.8) is 0 Å². The van der Waals surface area contributed by atoms with Crippen molar-refractivity contribution in [3.8, 4) is 0 Å². The van der Waals surface area contributed by atoms with Crippen molar-refractivity contribution in [1.29, 1.82) is 0 Å². The molecule has 0 spiro atoms. The minimum absolute atomic E-state index is 0.211. The van der Waals surface area contributed by atoms with E-state index in [2.05, 4.69) is 78.7 Å². The highest BCUT2D eigenvalue weighted by atomic mass is 79.9. The molecule has 108 valence electrons. The van der Waals surface area contributed by atoms with Gasteiger partial charge in [-0.2, -0.15) is 0 Å². The zero-order valence-corrected chi connectivity index (χ0v) is 15.3. The Morgan fingerprint density at radius 1 is 1.30 bits per heavy atom. The molecule has 1 aromatic carbocycles. The number of halogens is 2. The first kappa shape index (κ1) is 16.0. The van der Waals surface area contributed by atoms with Gasteiger partial charge < -0.3 is 5.32 Å². The van der Waals surface area contributed by atoms with Crippen LogP contribution >= 0.6 is 43.6 Å². The number of nitrogens with zero attached hydrogens (tertiary/aromatic N) is 3. The minimum Gasteiger partial charge on any atom is -0.308 e. The van der Waals surface area contributed by atoms with Crippen molar-refractivity contribution >= 4 is 43.6 Å². The van der Waals surface area contributed by atoms with Crippen LogP contribution in [0.2, 0.25) is 0 Å². The number of hydrogen-bond acceptors (Lipinski definition) is 4. The predicted octanol–water partition coefficient (Wildman–Crippen LogP) is 3.78. The van der Waals surface area contributed by atoms with Crippen LogP contribution in [0.25, 0.3) is 0 Å². The molecule has 2 aromatic rings. The second-order valence-corrected chi connectivity index (χ2v) is 7.02. The Bertz CT molecular complexity index is 536. The molecule has 1 unspecified atom stereocenters. The Kier molecular flexibility index (Phi) is 6.07. The van der Waals surface area contributed by atoms with E-state index in [1.54, 1.807) is 0 Å². The fourth-order valence-corrected chi connectivity index (χ4v) is 3.73. The van der Waals surface area contributed by atoms with Gasteiger partial charge in [0.25, 0.3) is 0 Å². The second-order valence-electron chi connectivity index (χ2n) is 4.26. The van der Waals surface area contributed by atoms with Gasteiger partial charge in [0.2, 0.25) is 0 Å². The fraction of sp³-hybridized carbons (Fsp3) is 0.385. The van der Waals surface area contributed by atoms with Crippen LogP contribution in [-0.2, 0) is 7.05 Å². The summed E-state index contributed by atoms with van der Waals surface area (Å²) in [5, 5.41) is 11.6. The molecule has 1 atom stereocenters. The zero-order valence-electron chi connectivity index (χ0n) is 11.3. The number of thioether (sulfide) groups is 1. The lowest BCUT2D eigenvalue weighted by Crippen LogP contribution is -2.25. The summed E-state index contributed by atoms with van der Waals surface area (Å²) in [4.78, 5) is 1.25. The lowest BCUT2D eigenvalue weighted by atomic mass is 10.2. The van der Waals surface area contributed by atoms with Crippen LogP contribution in [0.4, 0.5) is 0 Å². The summed E-state index contributed by atoms with van der Waals surface area (Å²) >= 11 is 8.75. The molecule has 0 aliphatic heterocycles. The van der Waals surface area contributed by atoms with Crippen molar-refractivity contribution in [2.45, 2.75) is 17.9 Å². The van der Waals surface area contributed by atoms with Gasteiger partial charge in [-0.3, -0.25) is 0 Å². The number of aromatic nitrogens is 3. The molecule has 0 bridgehead atoms. The molecule has 0 saturated heterocycles. The summed E-state index contributed by atoms with van der Waals surface area (Å²) < 4.78 is 3.73. The van der Waals surface area contributed by atoms with Crippen LogP contribution in [-0.4, -0.2) is 27.3 Å². The van der Waals surface area contributed by atoms with Crippen LogP contribution in [0.1, 0.15) is 18.7 Å². The molecule has 1 aromatic heterocycles. The lowest BCUT2D eigenvalue weighted by molar-refractivity contribution is 0.548. The summed E-state index contributed by atoms with van der Waals surface area (Å²) in [6.45, 7) is 3.01. The first-order valence-electron chi connectivity index (χ1n) is 6.28. The maximum atomic E-state index is 4.06. The highest BCUT2D eigenvalue weighted by Crippen LogP contribution is 2.28. The van der Waals surface area contributed by atoms with Crippen LogP contribution in [0.3, 0.4) is 0 Å². The summed E-state index contributed by atoms with van der Waals surface area (Å²) in [6.07, 6.45) is 0. The highest BCUT2D eigenvalue weighted by molar-refractivity contribution is 9.10. The number of benzene rings is 1. The van der Waals surface area contributed by atoms with Gasteiger partial charge in [-0.25, -0.2) is 4.68 Å². The Morgan fingerprint density at radius 3 is 2.55 bits per heavy atom. The first-order valence-corrected chi connectivity index (χ1v) is 8.85. The Hall–Kier alpha value is -0.370. The summed E-state index contributed by atoms with van der Waals surface area (Å²) in [5.41, 5.74) is 1.08. The van der Waals surface area contributed by atoms with Crippen molar-refractivity contribution < 1.29 is 0 Å². The van der Waals surface area contributed by atoms with Crippen LogP contribution in [0.15, 0.2) is 38.2 Å². The molecular weight excluding hydrogens is 404 g/mol. The monoisotopic (exact) mass is 418 g/mol. The largest absolute Gasteiger partial charge is 0.308 e. The first-order chi connectivity index (χ1) is 9.61. The molecule has 2 rings (SSSR count). The Morgan fingerprint density at radius 2 is 2.00 bits per heavy atom. The molecule has 1 heterocycles. The quantitative estimate of drug-likeness (QED) is 0.723. The van der Waals surface area contributed by atoms with E-state index in [9.17, 15) is 0 Å². The van der Waals surface area contributed by atoms with Gasteiger partial charge in [0, 0.05) is 22.2 Å². The van der Waals surface area contributed by atoms with Gasteiger partial charge in [-0.15, -0.1) is 16.9 Å². The third kappa shape index (κ3) is 4.07. The predicted molar refractivity (Wildman–Crippen MR) is 90.0 cm³/mol. The van der Waals surface area contributed by atoms with Gasteiger partial charge in [0.1, 0.15) is 0 Å². The normalized spacial score (nSPS) is 12.6. The Balaban J connectivity index is 2.08. The minimum atomic E-state index is 0.211. The smallest absolute Gasteiger partial charge is 0.153 e. The number of hydrogen-bond donors (Lipinski definition) is 1. The van der Waals surface area contributed by atoms with Gasteiger partial charge in [0.05, 0.1) is 11.7 Å². The molecular formula is C13H16Br2N4S. The molecule has 7 heteroatoms. The second kappa shape index (κ2) is 7.59. The van der Waals surface area contributed by atoms with Gasteiger partial charge in [-0.1, -0.05) is 28.1 Å². The van der Waals surface area contributed by atoms with Crippen molar-refractivity contribution in [2.75, 3.05) is 12.3 Å². The summed E-state index contributed by atoms with van der Waals surface area (Å²) in [7, 11) is 1.92. The van der Waals surface area contributed by atoms with E-state index in [0.29, 0.717) is 0 Å². The van der Waals surface area contributed by atoms with E-state index in [1.165, 1.54) is 4.90 Å². The molecule has 0 saturated carbocycles. The third-order valence-electron chi connectivity index (χ3n) is 2.84. The molecule has 0 amide bonds. The van der Waals surface area contributed by atoms with Gasteiger partial charge in [0.15, 0.2) is 4.60 Å². The molecule has 4 nitrogen and oxygen atoms in total. The summed E-state index contributed by atoms with van der Waals surface area (Å²) in [5.74, 6) is 0.926.